The second-order valence-electron chi connectivity index (χ2n) is 8.74. The topological polar surface area (TPSA) is 58.6 Å². The highest BCUT2D eigenvalue weighted by atomic mass is 35.5. The van der Waals surface area contributed by atoms with Gasteiger partial charge in [0, 0.05) is 24.5 Å². The molecule has 4 rings (SSSR count). The van der Waals surface area contributed by atoms with E-state index in [4.69, 9.17) is 27.9 Å². The average molecular weight is 547 g/mol. The van der Waals surface area contributed by atoms with E-state index in [2.05, 4.69) is 5.32 Å². The SMILES string of the molecule is O=C(NCc1ccccc1Cl)[C@@H](Cc1ccccc1)N(Cc1ccccc1)C(=O)COc1ccccc1Cl. The van der Waals surface area contributed by atoms with Crippen LogP contribution in [0.2, 0.25) is 10.0 Å². The summed E-state index contributed by atoms with van der Waals surface area (Å²) in [6, 6.07) is 32.7. The minimum Gasteiger partial charge on any atom is -0.482 e. The molecule has 0 unspecified atom stereocenters. The van der Waals surface area contributed by atoms with E-state index in [-0.39, 0.29) is 31.5 Å². The third kappa shape index (κ3) is 7.60. The smallest absolute Gasteiger partial charge is 0.261 e. The van der Waals surface area contributed by atoms with Crippen LogP contribution in [0, 0.1) is 0 Å². The van der Waals surface area contributed by atoms with Crippen LogP contribution in [0.25, 0.3) is 0 Å². The summed E-state index contributed by atoms with van der Waals surface area (Å²) in [7, 11) is 0. The van der Waals surface area contributed by atoms with E-state index < -0.39 is 6.04 Å². The number of nitrogens with zero attached hydrogens (tertiary/aromatic N) is 1. The lowest BCUT2D eigenvalue weighted by atomic mass is 10.0. The summed E-state index contributed by atoms with van der Waals surface area (Å²) >= 11 is 12.5. The lowest BCUT2D eigenvalue weighted by molar-refractivity contribution is -0.142. The fourth-order valence-electron chi connectivity index (χ4n) is 4.06. The fraction of sp³-hybridized carbons (Fsp3) is 0.161. The van der Waals surface area contributed by atoms with Crippen molar-refractivity contribution in [2.24, 2.45) is 0 Å². The highest BCUT2D eigenvalue weighted by Crippen LogP contribution is 2.24. The highest BCUT2D eigenvalue weighted by molar-refractivity contribution is 6.32. The van der Waals surface area contributed by atoms with Gasteiger partial charge in [-0.3, -0.25) is 9.59 Å². The van der Waals surface area contributed by atoms with E-state index in [1.807, 2.05) is 78.9 Å². The van der Waals surface area contributed by atoms with Crippen molar-refractivity contribution in [2.45, 2.75) is 25.6 Å². The maximum Gasteiger partial charge on any atom is 0.261 e. The molecule has 38 heavy (non-hydrogen) atoms. The molecule has 1 N–H and O–H groups in total. The molecule has 7 heteroatoms. The Morgan fingerprint density at radius 3 is 1.97 bits per heavy atom. The molecule has 2 amide bonds. The standard InChI is InChI=1S/C31H28Cl2N2O3/c32-26-16-8-7-15-25(26)20-34-31(37)28(19-23-11-3-1-4-12-23)35(21-24-13-5-2-6-14-24)30(36)22-38-29-18-10-9-17-27(29)33/h1-18,28H,19-22H2,(H,34,37)/t28-/m1/s1. The second kappa shape index (κ2) is 13.7. The first-order valence-electron chi connectivity index (χ1n) is 12.3. The Balaban J connectivity index is 1.61. The lowest BCUT2D eigenvalue weighted by Gasteiger charge is -2.31. The first-order chi connectivity index (χ1) is 18.5. The van der Waals surface area contributed by atoms with Crippen molar-refractivity contribution >= 4 is 35.0 Å². The van der Waals surface area contributed by atoms with Gasteiger partial charge >= 0.3 is 0 Å². The molecule has 0 aliphatic heterocycles. The van der Waals surface area contributed by atoms with Gasteiger partial charge in [0.15, 0.2) is 6.61 Å². The number of halogens is 2. The first-order valence-corrected chi connectivity index (χ1v) is 13.0. The number of hydrogen-bond donors (Lipinski definition) is 1. The van der Waals surface area contributed by atoms with Crippen LogP contribution in [-0.4, -0.2) is 29.4 Å². The molecule has 194 valence electrons. The molecule has 1 atom stereocenters. The zero-order chi connectivity index (χ0) is 26.7. The van der Waals surface area contributed by atoms with Crippen molar-refractivity contribution in [3.63, 3.8) is 0 Å². The van der Waals surface area contributed by atoms with Gasteiger partial charge in [-0.05, 0) is 34.9 Å². The number of ether oxygens (including phenoxy) is 1. The number of carbonyl (C=O) groups is 2. The van der Waals surface area contributed by atoms with Crippen molar-refractivity contribution in [3.05, 3.63) is 136 Å². The number of rotatable bonds is 11. The molecule has 0 saturated carbocycles. The Morgan fingerprint density at radius 2 is 1.32 bits per heavy atom. The van der Waals surface area contributed by atoms with Gasteiger partial charge < -0.3 is 15.0 Å². The fourth-order valence-corrected chi connectivity index (χ4v) is 4.45. The van der Waals surface area contributed by atoms with Crippen LogP contribution in [-0.2, 0) is 29.1 Å². The third-order valence-electron chi connectivity index (χ3n) is 6.07. The summed E-state index contributed by atoms with van der Waals surface area (Å²) in [5.41, 5.74) is 2.63. The molecule has 0 aliphatic carbocycles. The van der Waals surface area contributed by atoms with Crippen molar-refractivity contribution in [3.8, 4) is 5.75 Å². The van der Waals surface area contributed by atoms with E-state index in [0.717, 1.165) is 16.7 Å². The zero-order valence-corrected chi connectivity index (χ0v) is 22.2. The quantitative estimate of drug-likeness (QED) is 0.239. The first kappa shape index (κ1) is 27.2. The Kier molecular flexibility index (Phi) is 9.79. The summed E-state index contributed by atoms with van der Waals surface area (Å²) in [5.74, 6) is -0.205. The van der Waals surface area contributed by atoms with E-state index in [0.29, 0.717) is 22.2 Å². The summed E-state index contributed by atoms with van der Waals surface area (Å²) in [6.45, 7) is 0.218. The number of hydrogen-bond acceptors (Lipinski definition) is 3. The van der Waals surface area contributed by atoms with Gasteiger partial charge in [0.1, 0.15) is 11.8 Å². The zero-order valence-electron chi connectivity index (χ0n) is 20.7. The number of carbonyl (C=O) groups excluding carboxylic acids is 2. The summed E-state index contributed by atoms with van der Waals surface area (Å²) in [6.07, 6.45) is 0.333. The van der Waals surface area contributed by atoms with Crippen LogP contribution in [0.4, 0.5) is 0 Å². The molecule has 0 fully saturated rings. The van der Waals surface area contributed by atoms with Gasteiger partial charge in [-0.1, -0.05) is 114 Å². The maximum atomic E-state index is 13.7. The van der Waals surface area contributed by atoms with Gasteiger partial charge in [0.25, 0.3) is 5.91 Å². The van der Waals surface area contributed by atoms with Crippen molar-refractivity contribution in [1.29, 1.82) is 0 Å². The van der Waals surface area contributed by atoms with E-state index in [9.17, 15) is 9.59 Å². The lowest BCUT2D eigenvalue weighted by Crippen LogP contribution is -2.51. The minimum atomic E-state index is -0.789. The summed E-state index contributed by atoms with van der Waals surface area (Å²) in [5, 5.41) is 3.96. The van der Waals surface area contributed by atoms with Gasteiger partial charge in [-0.15, -0.1) is 0 Å². The van der Waals surface area contributed by atoms with Crippen molar-refractivity contribution in [2.75, 3.05) is 6.61 Å². The van der Waals surface area contributed by atoms with E-state index in [1.54, 1.807) is 35.2 Å². The normalized spacial score (nSPS) is 11.4. The van der Waals surface area contributed by atoms with Crippen LogP contribution in [0.3, 0.4) is 0 Å². The molecule has 0 radical (unpaired) electrons. The largest absolute Gasteiger partial charge is 0.482 e. The Hall–Kier alpha value is -3.80. The molecule has 0 bridgehead atoms. The summed E-state index contributed by atoms with van der Waals surface area (Å²) < 4.78 is 5.77. The molecule has 0 aromatic heterocycles. The summed E-state index contributed by atoms with van der Waals surface area (Å²) in [4.78, 5) is 28.9. The Morgan fingerprint density at radius 1 is 0.737 bits per heavy atom. The molecule has 5 nitrogen and oxygen atoms in total. The van der Waals surface area contributed by atoms with Crippen LogP contribution in [0.5, 0.6) is 5.75 Å². The van der Waals surface area contributed by atoms with Gasteiger partial charge in [-0.25, -0.2) is 0 Å². The van der Waals surface area contributed by atoms with Crippen LogP contribution < -0.4 is 10.1 Å². The highest BCUT2D eigenvalue weighted by Gasteiger charge is 2.30. The number of benzene rings is 4. The molecule has 4 aromatic rings. The number of para-hydroxylation sites is 1. The van der Waals surface area contributed by atoms with E-state index in [1.165, 1.54) is 0 Å². The Labute approximate surface area is 233 Å². The Bertz CT molecular complexity index is 1240. The molecule has 0 aliphatic rings. The number of amides is 2. The van der Waals surface area contributed by atoms with Crippen molar-refractivity contribution in [1.82, 2.24) is 10.2 Å². The minimum absolute atomic E-state index is 0.239. The second-order valence-corrected chi connectivity index (χ2v) is 9.56. The van der Waals surface area contributed by atoms with Crippen LogP contribution >= 0.6 is 23.2 Å². The average Bonchev–Trinajstić information content (AvgIpc) is 2.95. The van der Waals surface area contributed by atoms with Crippen LogP contribution in [0.15, 0.2) is 109 Å². The maximum absolute atomic E-state index is 13.7. The molecule has 4 aromatic carbocycles. The van der Waals surface area contributed by atoms with Gasteiger partial charge in [-0.2, -0.15) is 0 Å². The molecular weight excluding hydrogens is 519 g/mol. The van der Waals surface area contributed by atoms with Crippen LogP contribution in [0.1, 0.15) is 16.7 Å². The molecule has 0 heterocycles. The van der Waals surface area contributed by atoms with Gasteiger partial charge in [0.2, 0.25) is 5.91 Å². The monoisotopic (exact) mass is 546 g/mol. The van der Waals surface area contributed by atoms with E-state index >= 15 is 0 Å². The van der Waals surface area contributed by atoms with Gasteiger partial charge in [0.05, 0.1) is 5.02 Å². The predicted molar refractivity (Wildman–Crippen MR) is 151 cm³/mol. The third-order valence-corrected chi connectivity index (χ3v) is 6.75. The number of nitrogens with one attached hydrogen (secondary N) is 1. The molecule has 0 spiro atoms. The predicted octanol–water partition coefficient (Wildman–Crippen LogP) is 6.33. The molecule has 0 saturated heterocycles. The van der Waals surface area contributed by atoms with Crippen molar-refractivity contribution < 1.29 is 14.3 Å². The molecular formula is C31H28Cl2N2O3.